The Morgan fingerprint density at radius 1 is 1.27 bits per heavy atom. The molecule has 0 amide bonds. The average molecular weight is 336 g/mol. The van der Waals surface area contributed by atoms with E-state index in [1.54, 1.807) is 6.08 Å². The molecule has 0 saturated carbocycles. The van der Waals surface area contributed by atoms with Crippen molar-refractivity contribution >= 4 is 32.9 Å². The lowest BCUT2D eigenvalue weighted by atomic mass is 10.1. The van der Waals surface area contributed by atoms with Gasteiger partial charge in [0.15, 0.2) is 14.9 Å². The summed E-state index contributed by atoms with van der Waals surface area (Å²) in [6.07, 6.45) is 2.76. The van der Waals surface area contributed by atoms with Gasteiger partial charge in [-0.1, -0.05) is 25.1 Å². The van der Waals surface area contributed by atoms with Crippen molar-refractivity contribution in [1.29, 1.82) is 0 Å². The summed E-state index contributed by atoms with van der Waals surface area (Å²) in [4.78, 5) is 4.00. The minimum absolute atomic E-state index is 0.0682. The zero-order chi connectivity index (χ0) is 15.9. The molecule has 0 radical (unpaired) electrons. The van der Waals surface area contributed by atoms with Gasteiger partial charge in [-0.15, -0.1) is 6.58 Å². The van der Waals surface area contributed by atoms with E-state index >= 15 is 0 Å². The lowest BCUT2D eigenvalue weighted by Gasteiger charge is -2.25. The third-order valence-corrected chi connectivity index (χ3v) is 6.56. The monoisotopic (exact) mass is 336 g/mol. The van der Waals surface area contributed by atoms with Gasteiger partial charge in [0, 0.05) is 12.2 Å². The van der Waals surface area contributed by atoms with E-state index in [1.807, 2.05) is 21.9 Å². The highest BCUT2D eigenvalue weighted by Crippen LogP contribution is 2.35. The predicted molar refractivity (Wildman–Crippen MR) is 94.0 cm³/mol. The quantitative estimate of drug-likeness (QED) is 0.621. The number of fused-ring (bicyclic) bond motifs is 1. The summed E-state index contributed by atoms with van der Waals surface area (Å²) >= 11 is 5.61. The largest absolute Gasteiger partial charge is 0.339 e. The number of hydrogen-bond acceptors (Lipinski definition) is 3. The molecule has 2 heterocycles. The molecule has 0 bridgehead atoms. The fourth-order valence-corrected chi connectivity index (χ4v) is 5.72. The number of thiocarbonyl (C=S) groups is 1. The van der Waals surface area contributed by atoms with Crippen LogP contribution in [0, 0.1) is 0 Å². The van der Waals surface area contributed by atoms with Crippen LogP contribution in [0.4, 0.5) is 5.69 Å². The van der Waals surface area contributed by atoms with Crippen LogP contribution in [0.2, 0.25) is 0 Å². The summed E-state index contributed by atoms with van der Waals surface area (Å²) in [6.45, 7) is 6.45. The number of sulfone groups is 1. The summed E-state index contributed by atoms with van der Waals surface area (Å²) in [6, 6.07) is 8.06. The van der Waals surface area contributed by atoms with Gasteiger partial charge in [0.05, 0.1) is 23.6 Å². The van der Waals surface area contributed by atoms with Gasteiger partial charge < -0.3 is 9.80 Å². The first kappa shape index (κ1) is 15.5. The number of nitrogens with zero attached hydrogens (tertiary/aromatic N) is 2. The lowest BCUT2D eigenvalue weighted by Crippen LogP contribution is -2.37. The molecule has 1 aromatic rings. The van der Waals surface area contributed by atoms with E-state index in [4.69, 9.17) is 12.2 Å². The number of benzene rings is 1. The lowest BCUT2D eigenvalue weighted by molar-refractivity contribution is 0.389. The van der Waals surface area contributed by atoms with Gasteiger partial charge in [-0.2, -0.15) is 0 Å². The molecule has 2 atom stereocenters. The Hall–Kier alpha value is -1.40. The predicted octanol–water partition coefficient (Wildman–Crippen LogP) is 2.01. The van der Waals surface area contributed by atoms with E-state index < -0.39 is 9.84 Å². The summed E-state index contributed by atoms with van der Waals surface area (Å²) in [5.74, 6) is 0.343. The molecule has 0 spiro atoms. The van der Waals surface area contributed by atoms with Gasteiger partial charge in [0.25, 0.3) is 0 Å². The van der Waals surface area contributed by atoms with Crippen molar-refractivity contribution < 1.29 is 8.42 Å². The molecule has 0 aliphatic carbocycles. The van der Waals surface area contributed by atoms with E-state index in [2.05, 4.69) is 25.6 Å². The van der Waals surface area contributed by atoms with Crippen molar-refractivity contribution in [3.05, 3.63) is 42.5 Å². The standard InChI is InChI=1S/C16H20N2O2S2/c1-3-9-17-14-10-22(19,20)11-15(14)18(16(17)21)13-7-5-12(4-2)6-8-13/h3,5-8,14-15H,1,4,9-11H2,2H3/t14-,15+/m1/s1. The van der Waals surface area contributed by atoms with E-state index in [1.165, 1.54) is 5.56 Å². The van der Waals surface area contributed by atoms with Crippen molar-refractivity contribution in [1.82, 2.24) is 4.90 Å². The summed E-state index contributed by atoms with van der Waals surface area (Å²) in [5.41, 5.74) is 2.23. The molecule has 0 N–H and O–H groups in total. The summed E-state index contributed by atoms with van der Waals surface area (Å²) < 4.78 is 24.1. The third-order valence-electron chi connectivity index (χ3n) is 4.43. The summed E-state index contributed by atoms with van der Waals surface area (Å²) in [7, 11) is -3.01. The second kappa shape index (κ2) is 5.66. The Morgan fingerprint density at radius 2 is 1.91 bits per heavy atom. The van der Waals surface area contributed by atoms with Crippen LogP contribution >= 0.6 is 12.2 Å². The van der Waals surface area contributed by atoms with E-state index in [0.29, 0.717) is 11.7 Å². The topological polar surface area (TPSA) is 40.6 Å². The van der Waals surface area contributed by atoms with Crippen LogP contribution in [0.25, 0.3) is 0 Å². The Bertz CT molecular complexity index is 697. The van der Waals surface area contributed by atoms with Crippen molar-refractivity contribution in [3.8, 4) is 0 Å². The summed E-state index contributed by atoms with van der Waals surface area (Å²) in [5, 5.41) is 0.703. The molecule has 1 aromatic carbocycles. The van der Waals surface area contributed by atoms with Crippen molar-refractivity contribution in [2.24, 2.45) is 0 Å². The molecule has 4 nitrogen and oxygen atoms in total. The number of anilines is 1. The van der Waals surface area contributed by atoms with Crippen molar-refractivity contribution in [3.63, 3.8) is 0 Å². The second-order valence-electron chi connectivity index (χ2n) is 5.83. The molecule has 2 aliphatic rings. The smallest absolute Gasteiger partial charge is 0.177 e. The number of rotatable bonds is 4. The van der Waals surface area contributed by atoms with E-state index in [-0.39, 0.29) is 23.6 Å². The number of hydrogen-bond donors (Lipinski definition) is 0. The van der Waals surface area contributed by atoms with Gasteiger partial charge in [-0.3, -0.25) is 0 Å². The minimum atomic E-state index is -3.01. The van der Waals surface area contributed by atoms with Crippen molar-refractivity contribution in [2.45, 2.75) is 25.4 Å². The third kappa shape index (κ3) is 2.54. The fraction of sp³-hybridized carbons (Fsp3) is 0.438. The Morgan fingerprint density at radius 3 is 2.50 bits per heavy atom. The van der Waals surface area contributed by atoms with Crippen LogP contribution in [0.15, 0.2) is 36.9 Å². The normalized spacial score (nSPS) is 26.3. The molecule has 2 fully saturated rings. The maximum Gasteiger partial charge on any atom is 0.177 e. The number of aryl methyl sites for hydroxylation is 1. The van der Waals surface area contributed by atoms with Gasteiger partial charge in [0.2, 0.25) is 0 Å². The Kier molecular flexibility index (Phi) is 3.99. The van der Waals surface area contributed by atoms with Gasteiger partial charge >= 0.3 is 0 Å². The molecule has 3 rings (SSSR count). The van der Waals surface area contributed by atoms with Gasteiger partial charge in [-0.25, -0.2) is 8.42 Å². The van der Waals surface area contributed by atoms with Gasteiger partial charge in [0.1, 0.15) is 0 Å². The van der Waals surface area contributed by atoms with Crippen LogP contribution in [0.1, 0.15) is 12.5 Å². The first-order chi connectivity index (χ1) is 10.5. The van der Waals surface area contributed by atoms with Crippen molar-refractivity contribution in [2.75, 3.05) is 23.0 Å². The highest BCUT2D eigenvalue weighted by atomic mass is 32.2. The Balaban J connectivity index is 1.98. The van der Waals surface area contributed by atoms with Gasteiger partial charge in [-0.05, 0) is 36.3 Å². The zero-order valence-electron chi connectivity index (χ0n) is 12.6. The molecule has 2 aliphatic heterocycles. The molecule has 0 aromatic heterocycles. The molecule has 0 unspecified atom stereocenters. The fourth-order valence-electron chi connectivity index (χ4n) is 3.32. The first-order valence-corrected chi connectivity index (χ1v) is 9.70. The van der Waals surface area contributed by atoms with Crippen LogP contribution in [0.3, 0.4) is 0 Å². The van der Waals surface area contributed by atoms with Crippen LogP contribution < -0.4 is 4.90 Å². The van der Waals surface area contributed by atoms with Crippen LogP contribution in [0.5, 0.6) is 0 Å². The maximum atomic E-state index is 12.1. The molecule has 118 valence electrons. The SMILES string of the molecule is C=CCN1C(=S)N(c2ccc(CC)cc2)[C@H]2CS(=O)(=O)C[C@H]21. The highest BCUT2D eigenvalue weighted by Gasteiger charge is 2.51. The second-order valence-corrected chi connectivity index (χ2v) is 8.34. The molecule has 2 saturated heterocycles. The minimum Gasteiger partial charge on any atom is -0.339 e. The van der Waals surface area contributed by atoms with Crippen LogP contribution in [-0.2, 0) is 16.3 Å². The molecule has 22 heavy (non-hydrogen) atoms. The average Bonchev–Trinajstić information content (AvgIpc) is 2.91. The first-order valence-electron chi connectivity index (χ1n) is 7.47. The van der Waals surface area contributed by atoms with E-state index in [0.717, 1.165) is 12.1 Å². The van der Waals surface area contributed by atoms with E-state index in [9.17, 15) is 8.42 Å². The zero-order valence-corrected chi connectivity index (χ0v) is 14.2. The molecule has 6 heteroatoms. The molecular formula is C16H20N2O2S2. The maximum absolute atomic E-state index is 12.1. The van der Waals surface area contributed by atoms with Crippen LogP contribution in [-0.4, -0.2) is 48.6 Å². The Labute approximate surface area is 137 Å². The highest BCUT2D eigenvalue weighted by molar-refractivity contribution is 7.91. The molecular weight excluding hydrogens is 316 g/mol.